The summed E-state index contributed by atoms with van der Waals surface area (Å²) < 4.78 is 5.48. The van der Waals surface area contributed by atoms with Crippen LogP contribution in [0, 0.1) is 20.2 Å². The third kappa shape index (κ3) is 6.20. The van der Waals surface area contributed by atoms with Crippen LogP contribution < -0.4 is 4.74 Å². The monoisotopic (exact) mass is 450 g/mol. The lowest BCUT2D eigenvalue weighted by molar-refractivity contribution is -0.394. The summed E-state index contributed by atoms with van der Waals surface area (Å²) in [4.78, 5) is 44.0. The third-order valence-corrected chi connectivity index (χ3v) is 4.77. The summed E-state index contributed by atoms with van der Waals surface area (Å²) in [6.07, 6.45) is 0.219. The molecule has 0 saturated carbocycles. The molecule has 0 saturated heterocycles. The average Bonchev–Trinajstić information content (AvgIpc) is 2.78. The highest BCUT2D eigenvalue weighted by atomic mass is 16.6. The van der Waals surface area contributed by atoms with Gasteiger partial charge in [0, 0.05) is 24.5 Å². The van der Waals surface area contributed by atoms with E-state index in [0.29, 0.717) is 16.9 Å². The molecule has 3 aromatic rings. The Kier molecular flexibility index (Phi) is 7.09. The van der Waals surface area contributed by atoms with Gasteiger partial charge in [-0.05, 0) is 41.5 Å². The van der Waals surface area contributed by atoms with E-state index < -0.39 is 15.8 Å². The Morgan fingerprint density at radius 2 is 1.61 bits per heavy atom. The first-order valence-corrected chi connectivity index (χ1v) is 9.70. The highest BCUT2D eigenvalue weighted by molar-refractivity contribution is 5.88. The number of hydrogen-bond acceptors (Lipinski definition) is 7. The van der Waals surface area contributed by atoms with E-state index in [4.69, 9.17) is 9.84 Å². The molecule has 10 nitrogen and oxygen atoms in total. The van der Waals surface area contributed by atoms with Crippen molar-refractivity contribution in [2.24, 2.45) is 0 Å². The van der Waals surface area contributed by atoms with Gasteiger partial charge in [-0.2, -0.15) is 0 Å². The molecule has 33 heavy (non-hydrogen) atoms. The Labute approximate surface area is 187 Å². The molecule has 0 atom stereocenters. The number of ether oxygens (including phenoxy) is 1. The van der Waals surface area contributed by atoms with E-state index in [-0.39, 0.29) is 42.2 Å². The summed E-state index contributed by atoms with van der Waals surface area (Å²) in [5.41, 5.74) is 1.04. The molecule has 0 bridgehead atoms. The fraction of sp³-hybridized carbons (Fsp3) is 0.130. The molecule has 0 amide bonds. The molecule has 0 aromatic heterocycles. The molecule has 10 heteroatoms. The molecule has 0 unspecified atom stereocenters. The number of non-ortho nitro benzene ring substituents is 1. The number of rotatable bonds is 10. The first kappa shape index (κ1) is 23.1. The second kappa shape index (κ2) is 10.1. The second-order valence-electron chi connectivity index (χ2n) is 7.16. The number of carboxylic acid groups (broad SMARTS) is 1. The molecule has 0 heterocycles. The van der Waals surface area contributed by atoms with Crippen LogP contribution in [0.2, 0.25) is 0 Å². The highest BCUT2D eigenvalue weighted by Crippen LogP contribution is 2.27. The van der Waals surface area contributed by atoms with Gasteiger partial charge < -0.3 is 9.84 Å². The van der Waals surface area contributed by atoms with E-state index in [0.717, 1.165) is 11.6 Å². The molecule has 0 spiro atoms. The van der Waals surface area contributed by atoms with Crippen molar-refractivity contribution in [2.45, 2.75) is 12.8 Å². The van der Waals surface area contributed by atoms with Crippen molar-refractivity contribution in [3.05, 3.63) is 109 Å². The Morgan fingerprint density at radius 1 is 0.879 bits per heavy atom. The number of nitro groups is 2. The van der Waals surface area contributed by atoms with Gasteiger partial charge in [-0.3, -0.25) is 25.0 Å². The van der Waals surface area contributed by atoms with Crippen LogP contribution >= 0.6 is 0 Å². The van der Waals surface area contributed by atoms with Crippen LogP contribution in [0.15, 0.2) is 66.7 Å². The number of nitrogens with zero attached hydrogens (tertiary/aromatic N) is 2. The van der Waals surface area contributed by atoms with Gasteiger partial charge >= 0.3 is 5.97 Å². The number of ketones is 1. The maximum absolute atomic E-state index is 12.2. The van der Waals surface area contributed by atoms with Crippen molar-refractivity contribution >= 4 is 23.1 Å². The maximum Gasteiger partial charge on any atom is 0.335 e. The normalized spacial score (nSPS) is 10.4. The molecular weight excluding hydrogens is 432 g/mol. The van der Waals surface area contributed by atoms with Crippen LogP contribution in [0.4, 0.5) is 11.4 Å². The topological polar surface area (TPSA) is 150 Å². The molecule has 168 valence electrons. The van der Waals surface area contributed by atoms with Crippen LogP contribution in [0.1, 0.15) is 27.0 Å². The summed E-state index contributed by atoms with van der Waals surface area (Å²) >= 11 is 0. The van der Waals surface area contributed by atoms with Gasteiger partial charge in [-0.25, -0.2) is 4.79 Å². The van der Waals surface area contributed by atoms with Crippen molar-refractivity contribution < 1.29 is 29.3 Å². The number of carbonyl (C=O) groups is 2. The third-order valence-electron chi connectivity index (χ3n) is 4.77. The number of carbonyl (C=O) groups excluding carboxylic acids is 1. The average molecular weight is 450 g/mol. The minimum absolute atomic E-state index is 0.0308. The molecule has 3 aromatic carbocycles. The zero-order valence-corrected chi connectivity index (χ0v) is 17.2. The number of benzene rings is 3. The molecular formula is C23H18N2O8. The van der Waals surface area contributed by atoms with Crippen molar-refractivity contribution in [2.75, 3.05) is 6.61 Å². The van der Waals surface area contributed by atoms with Crippen molar-refractivity contribution in [1.82, 2.24) is 0 Å². The van der Waals surface area contributed by atoms with Crippen molar-refractivity contribution in [1.29, 1.82) is 0 Å². The van der Waals surface area contributed by atoms with Gasteiger partial charge in [0.05, 0.1) is 21.5 Å². The summed E-state index contributed by atoms with van der Waals surface area (Å²) in [6.45, 7) is -0.204. The van der Waals surface area contributed by atoms with Crippen LogP contribution in [-0.4, -0.2) is 33.3 Å². The van der Waals surface area contributed by atoms with E-state index in [9.17, 15) is 29.8 Å². The van der Waals surface area contributed by atoms with Crippen LogP contribution in [-0.2, 0) is 17.6 Å². The summed E-state index contributed by atoms with van der Waals surface area (Å²) in [7, 11) is 0. The van der Waals surface area contributed by atoms with Gasteiger partial charge in [0.2, 0.25) is 0 Å². The zero-order valence-electron chi connectivity index (χ0n) is 17.2. The number of nitro benzene ring substituents is 2. The molecule has 0 aliphatic heterocycles. The fourth-order valence-electron chi connectivity index (χ4n) is 3.17. The van der Waals surface area contributed by atoms with E-state index >= 15 is 0 Å². The summed E-state index contributed by atoms with van der Waals surface area (Å²) in [5.74, 6) is -0.882. The van der Waals surface area contributed by atoms with Gasteiger partial charge in [-0.15, -0.1) is 0 Å². The Balaban J connectivity index is 1.60. The van der Waals surface area contributed by atoms with Crippen LogP contribution in [0.5, 0.6) is 5.75 Å². The molecule has 0 aliphatic carbocycles. The number of hydrogen-bond donors (Lipinski definition) is 1. The van der Waals surface area contributed by atoms with E-state index in [1.165, 1.54) is 24.3 Å². The second-order valence-corrected chi connectivity index (χ2v) is 7.16. The summed E-state index contributed by atoms with van der Waals surface area (Å²) in [5, 5.41) is 31.2. The summed E-state index contributed by atoms with van der Waals surface area (Å²) in [6, 6.07) is 16.2. The van der Waals surface area contributed by atoms with Crippen molar-refractivity contribution in [3.8, 4) is 5.75 Å². The van der Waals surface area contributed by atoms with Gasteiger partial charge in [-0.1, -0.05) is 24.3 Å². The highest BCUT2D eigenvalue weighted by Gasteiger charge is 2.19. The Bertz CT molecular complexity index is 1220. The quantitative estimate of drug-likeness (QED) is 0.360. The predicted molar refractivity (Wildman–Crippen MR) is 117 cm³/mol. The van der Waals surface area contributed by atoms with E-state index in [1.807, 2.05) is 0 Å². The van der Waals surface area contributed by atoms with Crippen LogP contribution in [0.3, 0.4) is 0 Å². The largest absolute Gasteiger partial charge is 0.486 e. The first-order chi connectivity index (χ1) is 15.7. The number of aromatic carboxylic acids is 1. The lowest BCUT2D eigenvalue weighted by atomic mass is 10.0. The predicted octanol–water partition coefficient (Wildman–Crippen LogP) is 3.98. The van der Waals surface area contributed by atoms with Gasteiger partial charge in [0.25, 0.3) is 11.4 Å². The Morgan fingerprint density at radius 3 is 2.24 bits per heavy atom. The van der Waals surface area contributed by atoms with Crippen LogP contribution in [0.25, 0.3) is 0 Å². The van der Waals surface area contributed by atoms with Crippen molar-refractivity contribution in [3.63, 3.8) is 0 Å². The molecule has 0 aliphatic rings. The smallest absolute Gasteiger partial charge is 0.335 e. The lowest BCUT2D eigenvalue weighted by Crippen LogP contribution is -2.14. The number of Topliss-reactive ketones (excluding diaryl/α,β-unsaturated/α-hetero) is 1. The minimum Gasteiger partial charge on any atom is -0.486 e. The molecule has 0 fully saturated rings. The van der Waals surface area contributed by atoms with E-state index in [2.05, 4.69) is 0 Å². The van der Waals surface area contributed by atoms with Gasteiger partial charge in [0.1, 0.15) is 12.4 Å². The zero-order chi connectivity index (χ0) is 24.0. The fourth-order valence-corrected chi connectivity index (χ4v) is 3.17. The molecule has 1 N–H and O–H groups in total. The molecule has 3 rings (SSSR count). The standard InChI is InChI=1S/C23H18N2O8/c26-20(12-16-2-1-3-18(11-16)23(27)28)14-33-21-8-4-15(5-9-21)10-17-6-7-19(24(29)30)13-22(17)25(31)32/h1-9,11,13H,10,12,14H2,(H,27,28). The lowest BCUT2D eigenvalue weighted by Gasteiger charge is -2.08. The first-order valence-electron chi connectivity index (χ1n) is 9.70. The van der Waals surface area contributed by atoms with E-state index in [1.54, 1.807) is 36.4 Å². The van der Waals surface area contributed by atoms with Gasteiger partial charge in [0.15, 0.2) is 5.78 Å². The number of carboxylic acids is 1. The minimum atomic E-state index is -1.07. The maximum atomic E-state index is 12.2. The molecule has 0 radical (unpaired) electrons. The Hall–Kier alpha value is -4.60. The SMILES string of the molecule is O=C(COc1ccc(Cc2ccc([N+](=O)[O-])cc2[N+](=O)[O-])cc1)Cc1cccc(C(=O)O)c1.